The van der Waals surface area contributed by atoms with Crippen molar-refractivity contribution in [2.75, 3.05) is 12.9 Å². The van der Waals surface area contributed by atoms with Gasteiger partial charge in [-0.1, -0.05) is 12.5 Å². The fraction of sp³-hybridized carbons (Fsp3) is 0.462. The van der Waals surface area contributed by atoms with Crippen LogP contribution in [0.15, 0.2) is 18.2 Å². The molecule has 1 fully saturated rings. The monoisotopic (exact) mass is 277 g/mol. The quantitative estimate of drug-likeness (QED) is 0.789. The Bertz CT molecular complexity index is 605. The minimum Gasteiger partial charge on any atom is -0.464 e. The largest absolute Gasteiger partial charge is 0.464 e. The second-order valence-electron chi connectivity index (χ2n) is 4.51. The van der Waals surface area contributed by atoms with Crippen molar-refractivity contribution >= 4 is 23.4 Å². The van der Waals surface area contributed by atoms with E-state index in [9.17, 15) is 4.79 Å². The molecule has 19 heavy (non-hydrogen) atoms. The number of rotatable bonds is 2. The van der Waals surface area contributed by atoms with E-state index in [1.807, 2.05) is 22.2 Å². The van der Waals surface area contributed by atoms with Gasteiger partial charge in [-0.2, -0.15) is 11.8 Å². The molecule has 0 aromatic carbocycles. The molecule has 1 saturated heterocycles. The van der Waals surface area contributed by atoms with Crippen LogP contribution in [0.5, 0.6) is 0 Å². The van der Waals surface area contributed by atoms with Gasteiger partial charge >= 0.3 is 5.97 Å². The summed E-state index contributed by atoms with van der Waals surface area (Å²) in [4.78, 5) is 11.9. The molecule has 0 saturated carbocycles. The second-order valence-corrected chi connectivity index (χ2v) is 5.82. The van der Waals surface area contributed by atoms with Crippen LogP contribution >= 0.6 is 11.8 Å². The maximum Gasteiger partial charge on any atom is 0.355 e. The average Bonchev–Trinajstić information content (AvgIpc) is 2.91. The predicted octanol–water partition coefficient (Wildman–Crippen LogP) is 2.47. The maximum atomic E-state index is 11.9. The zero-order valence-corrected chi connectivity index (χ0v) is 11.5. The molecule has 5 nitrogen and oxygen atoms in total. The summed E-state index contributed by atoms with van der Waals surface area (Å²) in [5.41, 5.74) is 1.19. The first-order valence-electron chi connectivity index (χ1n) is 6.35. The number of carbonyl (C=O) groups is 1. The SMILES string of the molecule is COC(=O)c1cccc2nnc(C3CCCCS3)n12. The molecule has 0 N–H and O–H groups in total. The van der Waals surface area contributed by atoms with E-state index in [4.69, 9.17) is 4.74 Å². The lowest BCUT2D eigenvalue weighted by atomic mass is 10.2. The fourth-order valence-corrected chi connectivity index (χ4v) is 3.67. The van der Waals surface area contributed by atoms with Crippen LogP contribution in [0.25, 0.3) is 5.65 Å². The molecule has 1 atom stereocenters. The lowest BCUT2D eigenvalue weighted by Gasteiger charge is -2.20. The minimum atomic E-state index is -0.354. The van der Waals surface area contributed by atoms with E-state index < -0.39 is 0 Å². The van der Waals surface area contributed by atoms with Crippen molar-refractivity contribution in [3.63, 3.8) is 0 Å². The van der Waals surface area contributed by atoms with Gasteiger partial charge in [-0.15, -0.1) is 10.2 Å². The maximum absolute atomic E-state index is 11.9. The standard InChI is InChI=1S/C13H15N3O2S/c1-18-13(17)9-5-4-7-11-14-15-12(16(9)11)10-6-2-3-8-19-10/h4-5,7,10H,2-3,6,8H2,1H3. The number of nitrogens with zero attached hydrogens (tertiary/aromatic N) is 3. The molecule has 1 aliphatic rings. The van der Waals surface area contributed by atoms with Crippen molar-refractivity contribution in [3.8, 4) is 0 Å². The number of aromatic nitrogens is 3. The van der Waals surface area contributed by atoms with Gasteiger partial charge in [0.2, 0.25) is 0 Å². The van der Waals surface area contributed by atoms with Gasteiger partial charge in [0.15, 0.2) is 11.5 Å². The van der Waals surface area contributed by atoms with Crippen molar-refractivity contribution in [3.05, 3.63) is 29.7 Å². The van der Waals surface area contributed by atoms with Gasteiger partial charge in [0, 0.05) is 0 Å². The first-order chi connectivity index (χ1) is 9.31. The highest BCUT2D eigenvalue weighted by Gasteiger charge is 2.24. The van der Waals surface area contributed by atoms with E-state index in [2.05, 4.69) is 10.2 Å². The zero-order chi connectivity index (χ0) is 13.2. The van der Waals surface area contributed by atoms with Crippen LogP contribution in [0, 0.1) is 0 Å². The number of ether oxygens (including phenoxy) is 1. The number of thioether (sulfide) groups is 1. The molecular formula is C13H15N3O2S. The average molecular weight is 277 g/mol. The van der Waals surface area contributed by atoms with Gasteiger partial charge in [-0.3, -0.25) is 4.40 Å². The summed E-state index contributed by atoms with van der Waals surface area (Å²) < 4.78 is 6.66. The molecule has 1 aliphatic heterocycles. The summed E-state index contributed by atoms with van der Waals surface area (Å²) >= 11 is 1.89. The van der Waals surface area contributed by atoms with Gasteiger partial charge in [-0.05, 0) is 30.7 Å². The van der Waals surface area contributed by atoms with Crippen LogP contribution in [0.2, 0.25) is 0 Å². The molecule has 0 amide bonds. The Morgan fingerprint density at radius 2 is 2.32 bits per heavy atom. The molecule has 6 heteroatoms. The van der Waals surface area contributed by atoms with Gasteiger partial charge < -0.3 is 4.74 Å². The first kappa shape index (κ1) is 12.5. The number of esters is 1. The normalized spacial score (nSPS) is 19.5. The lowest BCUT2D eigenvalue weighted by molar-refractivity contribution is 0.0592. The number of carbonyl (C=O) groups excluding carboxylic acids is 1. The van der Waals surface area contributed by atoms with Crippen LogP contribution in [0.4, 0.5) is 0 Å². The third-order valence-corrected chi connectivity index (χ3v) is 4.69. The lowest BCUT2D eigenvalue weighted by Crippen LogP contribution is -2.13. The van der Waals surface area contributed by atoms with Gasteiger partial charge in [0.25, 0.3) is 0 Å². The predicted molar refractivity (Wildman–Crippen MR) is 73.4 cm³/mol. The Hall–Kier alpha value is -1.56. The molecule has 0 aliphatic carbocycles. The molecule has 3 heterocycles. The van der Waals surface area contributed by atoms with Crippen molar-refractivity contribution in [2.45, 2.75) is 24.5 Å². The van der Waals surface area contributed by atoms with E-state index >= 15 is 0 Å². The third kappa shape index (κ3) is 2.20. The van der Waals surface area contributed by atoms with Crippen LogP contribution in [0.3, 0.4) is 0 Å². The smallest absolute Gasteiger partial charge is 0.355 e. The molecule has 1 unspecified atom stereocenters. The molecule has 0 spiro atoms. The Labute approximate surface area is 115 Å². The van der Waals surface area contributed by atoms with E-state index in [1.165, 1.54) is 20.0 Å². The number of hydrogen-bond donors (Lipinski definition) is 0. The molecule has 3 rings (SSSR count). The molecule has 0 radical (unpaired) electrons. The van der Waals surface area contributed by atoms with Crippen molar-refractivity contribution in [1.82, 2.24) is 14.6 Å². The Kier molecular flexibility index (Phi) is 3.42. The van der Waals surface area contributed by atoms with Crippen molar-refractivity contribution in [2.24, 2.45) is 0 Å². The van der Waals surface area contributed by atoms with E-state index in [0.717, 1.165) is 18.0 Å². The molecular weight excluding hydrogens is 262 g/mol. The highest BCUT2D eigenvalue weighted by atomic mass is 32.2. The van der Waals surface area contributed by atoms with Crippen LogP contribution in [0.1, 0.15) is 40.8 Å². The topological polar surface area (TPSA) is 56.5 Å². The Morgan fingerprint density at radius 1 is 1.42 bits per heavy atom. The minimum absolute atomic E-state index is 0.314. The summed E-state index contributed by atoms with van der Waals surface area (Å²) in [6.45, 7) is 0. The van der Waals surface area contributed by atoms with E-state index in [-0.39, 0.29) is 5.97 Å². The van der Waals surface area contributed by atoms with Crippen LogP contribution in [-0.2, 0) is 4.74 Å². The number of pyridine rings is 1. The molecule has 100 valence electrons. The zero-order valence-electron chi connectivity index (χ0n) is 10.7. The van der Waals surface area contributed by atoms with E-state index in [0.29, 0.717) is 16.6 Å². The number of hydrogen-bond acceptors (Lipinski definition) is 5. The Morgan fingerprint density at radius 3 is 3.05 bits per heavy atom. The summed E-state index contributed by atoms with van der Waals surface area (Å²) in [6.07, 6.45) is 3.54. The van der Waals surface area contributed by atoms with Crippen molar-refractivity contribution in [1.29, 1.82) is 0 Å². The van der Waals surface area contributed by atoms with Gasteiger partial charge in [0.1, 0.15) is 5.69 Å². The molecule has 2 aromatic heterocycles. The third-order valence-electron chi connectivity index (χ3n) is 3.32. The number of fused-ring (bicyclic) bond motifs is 1. The second kappa shape index (κ2) is 5.21. The molecule has 0 bridgehead atoms. The highest BCUT2D eigenvalue weighted by molar-refractivity contribution is 7.99. The van der Waals surface area contributed by atoms with Crippen LogP contribution < -0.4 is 0 Å². The molecule has 2 aromatic rings. The Balaban J connectivity index is 2.11. The van der Waals surface area contributed by atoms with E-state index in [1.54, 1.807) is 12.1 Å². The highest BCUT2D eigenvalue weighted by Crippen LogP contribution is 2.37. The summed E-state index contributed by atoms with van der Waals surface area (Å²) in [5, 5.41) is 8.76. The van der Waals surface area contributed by atoms with Crippen molar-refractivity contribution < 1.29 is 9.53 Å². The summed E-state index contributed by atoms with van der Waals surface area (Å²) in [5.74, 6) is 1.65. The number of methoxy groups -OCH3 is 1. The first-order valence-corrected chi connectivity index (χ1v) is 7.40. The summed E-state index contributed by atoms with van der Waals surface area (Å²) in [6, 6.07) is 5.41. The van der Waals surface area contributed by atoms with Gasteiger partial charge in [0.05, 0.1) is 12.4 Å². The van der Waals surface area contributed by atoms with Crippen LogP contribution in [-0.4, -0.2) is 33.4 Å². The van der Waals surface area contributed by atoms with Gasteiger partial charge in [-0.25, -0.2) is 4.79 Å². The fourth-order valence-electron chi connectivity index (χ4n) is 2.38. The summed E-state index contributed by atoms with van der Waals surface area (Å²) in [7, 11) is 1.39.